The molecule has 1 amide bonds. The smallest absolute Gasteiger partial charge is 0.264 e. The first-order valence-corrected chi connectivity index (χ1v) is 9.88. The first kappa shape index (κ1) is 17.9. The largest absolute Gasteiger partial charge is 0.294 e. The molecule has 1 heterocycles. The Morgan fingerprint density at radius 2 is 1.74 bits per heavy atom. The first-order valence-electron chi connectivity index (χ1n) is 9.88. The first-order chi connectivity index (χ1) is 13.1. The third kappa shape index (κ3) is 3.54. The molecule has 1 saturated carbocycles. The second kappa shape index (κ2) is 7.28. The van der Waals surface area contributed by atoms with Crippen molar-refractivity contribution in [3.05, 3.63) is 71.3 Å². The number of benzene rings is 2. The predicted octanol–water partition coefficient (Wildman–Crippen LogP) is 3.90. The average Bonchev–Trinajstić information content (AvgIpc) is 2.69. The van der Waals surface area contributed by atoms with Crippen LogP contribution in [0, 0.1) is 0 Å². The van der Waals surface area contributed by atoms with Crippen LogP contribution in [0.25, 0.3) is 0 Å². The Hall–Kier alpha value is -2.46. The van der Waals surface area contributed by atoms with Crippen molar-refractivity contribution in [1.82, 2.24) is 10.7 Å². The van der Waals surface area contributed by atoms with Gasteiger partial charge in [0.25, 0.3) is 5.91 Å². The van der Waals surface area contributed by atoms with Crippen molar-refractivity contribution < 1.29 is 4.79 Å². The third-order valence-corrected chi connectivity index (χ3v) is 6.04. The van der Waals surface area contributed by atoms with Gasteiger partial charge in [0.1, 0.15) is 5.54 Å². The van der Waals surface area contributed by atoms with Crippen LogP contribution in [-0.2, 0) is 16.8 Å². The van der Waals surface area contributed by atoms with Crippen LogP contribution in [0.3, 0.4) is 0 Å². The van der Waals surface area contributed by atoms with E-state index in [1.807, 2.05) is 43.3 Å². The van der Waals surface area contributed by atoms with E-state index in [1.54, 1.807) is 6.21 Å². The summed E-state index contributed by atoms with van der Waals surface area (Å²) in [6.45, 7) is 1.99. The van der Waals surface area contributed by atoms with E-state index >= 15 is 0 Å². The number of carbonyl (C=O) groups is 1. The Morgan fingerprint density at radius 1 is 1.04 bits per heavy atom. The lowest BCUT2D eigenvalue weighted by Gasteiger charge is -2.49. The highest BCUT2D eigenvalue weighted by Gasteiger charge is 2.48. The minimum atomic E-state index is -0.778. The lowest BCUT2D eigenvalue weighted by molar-refractivity contribution is -0.129. The van der Waals surface area contributed by atoms with Gasteiger partial charge in [0.2, 0.25) is 0 Å². The summed E-state index contributed by atoms with van der Waals surface area (Å²) < 4.78 is 0. The molecule has 0 radical (unpaired) electrons. The molecular formula is C23H27N3O. The predicted molar refractivity (Wildman–Crippen MR) is 109 cm³/mol. The fraction of sp³-hybridized carbons (Fsp3) is 0.391. The van der Waals surface area contributed by atoms with Crippen molar-refractivity contribution in [3.8, 4) is 0 Å². The van der Waals surface area contributed by atoms with E-state index in [2.05, 4.69) is 34.0 Å². The zero-order chi connectivity index (χ0) is 18.7. The minimum absolute atomic E-state index is 0.0157. The Bertz CT molecular complexity index is 840. The molecule has 1 spiro atoms. The fourth-order valence-corrected chi connectivity index (χ4v) is 4.69. The standard InChI is InChI=1S/C23H27N3O/c1-22(21(27)25-24-17-18-10-4-2-5-11-18)20-13-7-6-12-19(20)16-23(26-22)14-8-3-9-15-23/h2,4-7,10-13,17,26H,3,8-9,14-16H2,1H3,(H,25,27)/b24-17-/t22-/m0/s1. The number of nitrogens with one attached hydrogen (secondary N) is 2. The van der Waals surface area contributed by atoms with E-state index in [0.29, 0.717) is 0 Å². The molecule has 1 fully saturated rings. The molecule has 140 valence electrons. The fourth-order valence-electron chi connectivity index (χ4n) is 4.69. The second-order valence-corrected chi connectivity index (χ2v) is 8.03. The summed E-state index contributed by atoms with van der Waals surface area (Å²) in [7, 11) is 0. The van der Waals surface area contributed by atoms with E-state index in [-0.39, 0.29) is 11.4 Å². The molecule has 27 heavy (non-hydrogen) atoms. The van der Waals surface area contributed by atoms with Crippen molar-refractivity contribution in [3.63, 3.8) is 0 Å². The van der Waals surface area contributed by atoms with Gasteiger partial charge >= 0.3 is 0 Å². The molecule has 4 heteroatoms. The van der Waals surface area contributed by atoms with E-state index in [0.717, 1.165) is 30.4 Å². The number of rotatable bonds is 3. The molecule has 0 unspecified atom stereocenters. The van der Waals surface area contributed by atoms with Crippen LogP contribution >= 0.6 is 0 Å². The van der Waals surface area contributed by atoms with Crippen LogP contribution in [0.5, 0.6) is 0 Å². The van der Waals surface area contributed by atoms with Crippen molar-refractivity contribution in [1.29, 1.82) is 0 Å². The van der Waals surface area contributed by atoms with E-state index in [1.165, 1.54) is 24.8 Å². The third-order valence-electron chi connectivity index (χ3n) is 6.04. The number of fused-ring (bicyclic) bond motifs is 1. The van der Waals surface area contributed by atoms with Gasteiger partial charge in [0.05, 0.1) is 6.21 Å². The summed E-state index contributed by atoms with van der Waals surface area (Å²) in [5, 5.41) is 7.97. The highest BCUT2D eigenvalue weighted by molar-refractivity contribution is 5.89. The summed E-state index contributed by atoms with van der Waals surface area (Å²) in [5.41, 5.74) is 5.32. The van der Waals surface area contributed by atoms with Gasteiger partial charge in [-0.15, -0.1) is 0 Å². The molecule has 0 bridgehead atoms. The van der Waals surface area contributed by atoms with Crippen LogP contribution < -0.4 is 10.7 Å². The van der Waals surface area contributed by atoms with Crippen LogP contribution in [0.15, 0.2) is 59.7 Å². The van der Waals surface area contributed by atoms with Crippen molar-refractivity contribution in [2.24, 2.45) is 5.10 Å². The van der Waals surface area contributed by atoms with Crippen molar-refractivity contribution in [2.45, 2.75) is 56.5 Å². The van der Waals surface area contributed by atoms with Crippen molar-refractivity contribution in [2.75, 3.05) is 0 Å². The number of hydrogen-bond donors (Lipinski definition) is 2. The molecule has 1 aliphatic heterocycles. The molecule has 2 N–H and O–H groups in total. The summed E-state index contributed by atoms with van der Waals surface area (Å²) in [6, 6.07) is 18.1. The Balaban J connectivity index is 1.60. The van der Waals surface area contributed by atoms with Gasteiger partial charge in [-0.25, -0.2) is 5.43 Å². The molecular weight excluding hydrogens is 334 g/mol. The molecule has 0 saturated heterocycles. The van der Waals surface area contributed by atoms with Crippen LogP contribution in [0.1, 0.15) is 55.7 Å². The Labute approximate surface area is 161 Å². The zero-order valence-electron chi connectivity index (χ0n) is 15.9. The number of nitrogens with zero attached hydrogens (tertiary/aromatic N) is 1. The quantitative estimate of drug-likeness (QED) is 0.643. The maximum atomic E-state index is 13.2. The zero-order valence-corrected chi connectivity index (χ0v) is 15.9. The highest BCUT2D eigenvalue weighted by atomic mass is 16.2. The van der Waals surface area contributed by atoms with Gasteiger partial charge in [0.15, 0.2) is 0 Å². The summed E-state index contributed by atoms with van der Waals surface area (Å²) in [5.74, 6) is -0.105. The summed E-state index contributed by atoms with van der Waals surface area (Å²) in [6.07, 6.45) is 8.66. The lowest BCUT2D eigenvalue weighted by atomic mass is 9.69. The van der Waals surface area contributed by atoms with Gasteiger partial charge in [-0.05, 0) is 42.9 Å². The van der Waals surface area contributed by atoms with Crippen LogP contribution in [0.2, 0.25) is 0 Å². The molecule has 2 aliphatic rings. The number of hydrazone groups is 1. The lowest BCUT2D eigenvalue weighted by Crippen LogP contribution is -2.65. The molecule has 2 aromatic carbocycles. The molecule has 1 atom stereocenters. The van der Waals surface area contributed by atoms with Crippen LogP contribution in [0.4, 0.5) is 0 Å². The van der Waals surface area contributed by atoms with Gasteiger partial charge in [0, 0.05) is 5.54 Å². The topological polar surface area (TPSA) is 53.5 Å². The SMILES string of the molecule is C[C@]1(C(=O)N/N=C\c2ccccc2)NC2(CCCCC2)Cc2ccccc21. The van der Waals surface area contributed by atoms with Crippen LogP contribution in [-0.4, -0.2) is 17.7 Å². The number of carbonyl (C=O) groups excluding carboxylic acids is 1. The maximum absolute atomic E-state index is 13.2. The molecule has 1 aliphatic carbocycles. The summed E-state index contributed by atoms with van der Waals surface area (Å²) >= 11 is 0. The van der Waals surface area contributed by atoms with Gasteiger partial charge in [-0.3, -0.25) is 10.1 Å². The highest BCUT2D eigenvalue weighted by Crippen LogP contribution is 2.41. The number of amides is 1. The van der Waals surface area contributed by atoms with Gasteiger partial charge in [-0.2, -0.15) is 5.10 Å². The second-order valence-electron chi connectivity index (χ2n) is 8.03. The molecule has 4 nitrogen and oxygen atoms in total. The Morgan fingerprint density at radius 3 is 2.52 bits per heavy atom. The molecule has 0 aromatic heterocycles. The number of hydrogen-bond acceptors (Lipinski definition) is 3. The maximum Gasteiger partial charge on any atom is 0.264 e. The van der Waals surface area contributed by atoms with Crippen molar-refractivity contribution >= 4 is 12.1 Å². The Kier molecular flexibility index (Phi) is 4.83. The van der Waals surface area contributed by atoms with E-state index < -0.39 is 5.54 Å². The average molecular weight is 361 g/mol. The minimum Gasteiger partial charge on any atom is -0.294 e. The van der Waals surface area contributed by atoms with E-state index in [9.17, 15) is 4.79 Å². The van der Waals surface area contributed by atoms with E-state index in [4.69, 9.17) is 0 Å². The molecule has 2 aromatic rings. The van der Waals surface area contributed by atoms with Gasteiger partial charge < -0.3 is 0 Å². The summed E-state index contributed by atoms with van der Waals surface area (Å²) in [4.78, 5) is 13.2. The monoisotopic (exact) mass is 361 g/mol. The normalized spacial score (nSPS) is 23.9. The molecule has 4 rings (SSSR count). The van der Waals surface area contributed by atoms with Gasteiger partial charge in [-0.1, -0.05) is 73.9 Å².